The summed E-state index contributed by atoms with van der Waals surface area (Å²) >= 11 is 0. The Bertz CT molecular complexity index is 468. The molecule has 0 aromatic carbocycles. The van der Waals surface area contributed by atoms with E-state index in [-0.39, 0.29) is 6.54 Å². The van der Waals surface area contributed by atoms with Crippen molar-refractivity contribution >= 4 is 5.52 Å². The van der Waals surface area contributed by atoms with E-state index in [9.17, 15) is 5.11 Å². The maximum Gasteiger partial charge on any atom is 0.241 e. The van der Waals surface area contributed by atoms with Crippen molar-refractivity contribution in [2.45, 2.75) is 6.10 Å². The number of aliphatic hydroxyl groups excluding tert-OH is 1. The van der Waals surface area contributed by atoms with E-state index in [0.717, 1.165) is 0 Å². The molecule has 3 N–H and O–H groups in total. The standard InChI is InChI=1S/C9H12N4O2/c1-15-9-7-2-6(8(14)3-10)4-13(7)12-5-11-9/h2,4-5,8,14H,3,10H2,1H3. The van der Waals surface area contributed by atoms with Crippen LogP contribution < -0.4 is 10.5 Å². The molecule has 15 heavy (non-hydrogen) atoms. The van der Waals surface area contributed by atoms with Crippen molar-refractivity contribution < 1.29 is 9.84 Å². The number of rotatable bonds is 3. The summed E-state index contributed by atoms with van der Waals surface area (Å²) in [7, 11) is 1.54. The van der Waals surface area contributed by atoms with Gasteiger partial charge in [0.25, 0.3) is 0 Å². The zero-order chi connectivity index (χ0) is 10.8. The lowest BCUT2D eigenvalue weighted by atomic mass is 10.2. The van der Waals surface area contributed by atoms with Crippen LogP contribution in [0.15, 0.2) is 18.6 Å². The summed E-state index contributed by atoms with van der Waals surface area (Å²) in [6.07, 6.45) is 2.41. The largest absolute Gasteiger partial charge is 0.479 e. The number of nitrogens with two attached hydrogens (primary N) is 1. The van der Waals surface area contributed by atoms with Crippen molar-refractivity contribution in [2.24, 2.45) is 5.73 Å². The van der Waals surface area contributed by atoms with Gasteiger partial charge < -0.3 is 15.6 Å². The van der Waals surface area contributed by atoms with E-state index < -0.39 is 6.10 Å². The van der Waals surface area contributed by atoms with E-state index in [1.54, 1.807) is 16.8 Å². The summed E-state index contributed by atoms with van der Waals surface area (Å²) in [5.41, 5.74) is 6.79. The first kappa shape index (κ1) is 9.88. The molecule has 0 fully saturated rings. The van der Waals surface area contributed by atoms with Gasteiger partial charge in [0.15, 0.2) is 0 Å². The topological polar surface area (TPSA) is 85.7 Å². The molecule has 0 spiro atoms. The molecule has 0 saturated carbocycles. The fourth-order valence-corrected chi connectivity index (χ4v) is 1.40. The smallest absolute Gasteiger partial charge is 0.241 e. The zero-order valence-electron chi connectivity index (χ0n) is 8.29. The SMILES string of the molecule is COc1ncnn2cc(C(O)CN)cc12. The van der Waals surface area contributed by atoms with E-state index in [1.165, 1.54) is 13.4 Å². The van der Waals surface area contributed by atoms with E-state index in [4.69, 9.17) is 10.5 Å². The van der Waals surface area contributed by atoms with Gasteiger partial charge in [-0.1, -0.05) is 0 Å². The molecule has 1 atom stereocenters. The molecule has 2 aromatic heterocycles. The molecular formula is C9H12N4O2. The number of ether oxygens (including phenoxy) is 1. The highest BCUT2D eigenvalue weighted by molar-refractivity contribution is 5.58. The van der Waals surface area contributed by atoms with Crippen LogP contribution >= 0.6 is 0 Å². The maximum atomic E-state index is 9.57. The van der Waals surface area contributed by atoms with Crippen LogP contribution in [0.25, 0.3) is 5.52 Å². The molecule has 6 nitrogen and oxygen atoms in total. The lowest BCUT2D eigenvalue weighted by Gasteiger charge is -2.01. The van der Waals surface area contributed by atoms with Gasteiger partial charge in [-0.3, -0.25) is 0 Å². The first-order chi connectivity index (χ1) is 7.26. The molecule has 80 valence electrons. The van der Waals surface area contributed by atoms with E-state index >= 15 is 0 Å². The molecule has 1 unspecified atom stereocenters. The molecule has 0 aliphatic rings. The summed E-state index contributed by atoms with van der Waals surface area (Å²) in [5.74, 6) is 0.473. The van der Waals surface area contributed by atoms with Crippen molar-refractivity contribution in [2.75, 3.05) is 13.7 Å². The molecule has 2 aromatic rings. The first-order valence-electron chi connectivity index (χ1n) is 4.51. The van der Waals surface area contributed by atoms with Gasteiger partial charge in [-0.15, -0.1) is 0 Å². The van der Waals surface area contributed by atoms with Crippen LogP contribution in [-0.2, 0) is 0 Å². The minimum absolute atomic E-state index is 0.173. The van der Waals surface area contributed by atoms with Gasteiger partial charge in [0.1, 0.15) is 11.8 Å². The van der Waals surface area contributed by atoms with Crippen LogP contribution in [0.1, 0.15) is 11.7 Å². The number of fused-ring (bicyclic) bond motifs is 1. The fourth-order valence-electron chi connectivity index (χ4n) is 1.40. The van der Waals surface area contributed by atoms with Gasteiger partial charge in [-0.05, 0) is 6.07 Å². The second kappa shape index (κ2) is 3.84. The number of methoxy groups -OCH3 is 1. The van der Waals surface area contributed by atoms with Crippen molar-refractivity contribution in [3.63, 3.8) is 0 Å². The van der Waals surface area contributed by atoms with Crippen LogP contribution in [0.5, 0.6) is 5.88 Å². The van der Waals surface area contributed by atoms with Gasteiger partial charge in [0, 0.05) is 18.3 Å². The van der Waals surface area contributed by atoms with Crippen molar-refractivity contribution in [1.82, 2.24) is 14.6 Å². The fraction of sp³-hybridized carbons (Fsp3) is 0.333. The Morgan fingerprint density at radius 2 is 2.47 bits per heavy atom. The van der Waals surface area contributed by atoms with Crippen LogP contribution in [0.4, 0.5) is 0 Å². The molecule has 0 bridgehead atoms. The molecule has 0 aliphatic heterocycles. The quantitative estimate of drug-likeness (QED) is 0.725. The van der Waals surface area contributed by atoms with Gasteiger partial charge in [0.2, 0.25) is 5.88 Å². The van der Waals surface area contributed by atoms with Crippen molar-refractivity contribution in [1.29, 1.82) is 0 Å². The molecule has 2 rings (SSSR count). The molecule has 0 amide bonds. The Morgan fingerprint density at radius 1 is 1.67 bits per heavy atom. The average molecular weight is 208 g/mol. The summed E-state index contributed by atoms with van der Waals surface area (Å²) in [5, 5.41) is 13.6. The minimum Gasteiger partial charge on any atom is -0.479 e. The average Bonchev–Trinajstić information content (AvgIpc) is 2.71. The Balaban J connectivity index is 2.55. The van der Waals surface area contributed by atoms with Gasteiger partial charge in [0.05, 0.1) is 13.2 Å². The van der Waals surface area contributed by atoms with Crippen molar-refractivity contribution in [3.8, 4) is 5.88 Å². The van der Waals surface area contributed by atoms with Gasteiger partial charge >= 0.3 is 0 Å². The lowest BCUT2D eigenvalue weighted by molar-refractivity contribution is 0.187. The predicted octanol–water partition coefficient (Wildman–Crippen LogP) is -0.270. The summed E-state index contributed by atoms with van der Waals surface area (Å²) in [6.45, 7) is 0.173. The summed E-state index contributed by atoms with van der Waals surface area (Å²) in [4.78, 5) is 3.96. The minimum atomic E-state index is -0.684. The highest BCUT2D eigenvalue weighted by Crippen LogP contribution is 2.21. The maximum absolute atomic E-state index is 9.57. The third kappa shape index (κ3) is 1.64. The van der Waals surface area contributed by atoms with Gasteiger partial charge in [-0.2, -0.15) is 10.1 Å². The highest BCUT2D eigenvalue weighted by Gasteiger charge is 2.11. The zero-order valence-corrected chi connectivity index (χ0v) is 8.29. The molecule has 0 saturated heterocycles. The third-order valence-electron chi connectivity index (χ3n) is 2.19. The molecule has 0 radical (unpaired) electrons. The number of aromatic nitrogens is 3. The highest BCUT2D eigenvalue weighted by atomic mass is 16.5. The summed E-state index contributed by atoms with van der Waals surface area (Å²) in [6, 6.07) is 1.76. The van der Waals surface area contributed by atoms with Crippen molar-refractivity contribution in [3.05, 3.63) is 24.2 Å². The van der Waals surface area contributed by atoms with Gasteiger partial charge in [-0.25, -0.2) is 4.52 Å². The number of hydrogen-bond acceptors (Lipinski definition) is 5. The third-order valence-corrected chi connectivity index (χ3v) is 2.19. The van der Waals surface area contributed by atoms with Crippen LogP contribution in [-0.4, -0.2) is 33.4 Å². The second-order valence-electron chi connectivity index (χ2n) is 3.12. The first-order valence-corrected chi connectivity index (χ1v) is 4.51. The predicted molar refractivity (Wildman–Crippen MR) is 53.6 cm³/mol. The Morgan fingerprint density at radius 3 is 3.13 bits per heavy atom. The van der Waals surface area contributed by atoms with Crippen LogP contribution in [0.3, 0.4) is 0 Å². The second-order valence-corrected chi connectivity index (χ2v) is 3.12. The van der Waals surface area contributed by atoms with E-state index in [1.807, 2.05) is 0 Å². The van der Waals surface area contributed by atoms with E-state index in [0.29, 0.717) is 17.0 Å². The van der Waals surface area contributed by atoms with Crippen LogP contribution in [0, 0.1) is 0 Å². The Hall–Kier alpha value is -1.66. The number of aliphatic hydroxyl groups is 1. The lowest BCUT2D eigenvalue weighted by Crippen LogP contribution is -2.10. The number of hydrogen-bond donors (Lipinski definition) is 2. The Kier molecular flexibility index (Phi) is 2.53. The van der Waals surface area contributed by atoms with E-state index in [2.05, 4.69) is 10.1 Å². The van der Waals surface area contributed by atoms with Crippen LogP contribution in [0.2, 0.25) is 0 Å². The summed E-state index contributed by atoms with van der Waals surface area (Å²) < 4.78 is 6.67. The molecule has 6 heteroatoms. The monoisotopic (exact) mass is 208 g/mol. The Labute approximate surface area is 86.3 Å². The molecule has 2 heterocycles. The number of nitrogens with zero attached hydrogens (tertiary/aromatic N) is 3. The molecular weight excluding hydrogens is 196 g/mol. The normalized spacial score (nSPS) is 13.0. The molecule has 0 aliphatic carbocycles.